The summed E-state index contributed by atoms with van der Waals surface area (Å²) in [6, 6.07) is 14.8. The summed E-state index contributed by atoms with van der Waals surface area (Å²) in [5.41, 5.74) is 1.34. The molecule has 0 unspecified atom stereocenters. The lowest BCUT2D eigenvalue weighted by molar-refractivity contribution is 0.279. The Morgan fingerprint density at radius 3 is 2.60 bits per heavy atom. The summed E-state index contributed by atoms with van der Waals surface area (Å²) in [5.74, 6) is 0.418. The predicted molar refractivity (Wildman–Crippen MR) is 64.1 cm³/mol. The van der Waals surface area contributed by atoms with Crippen molar-refractivity contribution < 1.29 is 5.11 Å². The van der Waals surface area contributed by atoms with Crippen LogP contribution in [0, 0.1) is 0 Å². The first-order chi connectivity index (χ1) is 7.33. The van der Waals surface area contributed by atoms with Crippen LogP contribution in [0.25, 0.3) is 10.8 Å². The van der Waals surface area contributed by atoms with Crippen LogP contribution >= 0.6 is 0 Å². The third-order valence-electron chi connectivity index (χ3n) is 2.92. The molecular weight excluding hydrogens is 184 g/mol. The molecule has 1 nitrogen and oxygen atoms in total. The van der Waals surface area contributed by atoms with Gasteiger partial charge in [0.2, 0.25) is 0 Å². The van der Waals surface area contributed by atoms with E-state index < -0.39 is 0 Å². The maximum atomic E-state index is 8.97. The lowest BCUT2D eigenvalue weighted by Crippen LogP contribution is -1.97. The summed E-state index contributed by atoms with van der Waals surface area (Å²) in [6.07, 6.45) is 0.827. The first kappa shape index (κ1) is 10.2. The van der Waals surface area contributed by atoms with Crippen LogP contribution in [0.15, 0.2) is 42.5 Å². The zero-order valence-corrected chi connectivity index (χ0v) is 8.98. The van der Waals surface area contributed by atoms with Crippen molar-refractivity contribution in [2.75, 3.05) is 6.61 Å². The molecule has 0 heterocycles. The van der Waals surface area contributed by atoms with Gasteiger partial charge in [0.1, 0.15) is 0 Å². The van der Waals surface area contributed by atoms with Crippen molar-refractivity contribution in [1.82, 2.24) is 0 Å². The molecule has 1 N–H and O–H groups in total. The molecule has 2 aromatic carbocycles. The Balaban J connectivity index is 2.50. The van der Waals surface area contributed by atoms with Crippen molar-refractivity contribution in [1.29, 1.82) is 0 Å². The fourth-order valence-corrected chi connectivity index (χ4v) is 2.03. The van der Waals surface area contributed by atoms with Crippen LogP contribution in [0.5, 0.6) is 0 Å². The second kappa shape index (κ2) is 4.45. The molecule has 0 aliphatic heterocycles. The average molecular weight is 200 g/mol. The average Bonchev–Trinajstić information content (AvgIpc) is 2.28. The quantitative estimate of drug-likeness (QED) is 0.805. The highest BCUT2D eigenvalue weighted by atomic mass is 16.3. The highest BCUT2D eigenvalue weighted by Crippen LogP contribution is 2.27. The Hall–Kier alpha value is -1.34. The van der Waals surface area contributed by atoms with Crippen LogP contribution in [0.3, 0.4) is 0 Å². The first-order valence-electron chi connectivity index (χ1n) is 5.41. The van der Waals surface area contributed by atoms with Crippen LogP contribution in [0.1, 0.15) is 24.8 Å². The van der Waals surface area contributed by atoms with Gasteiger partial charge in [0.05, 0.1) is 0 Å². The Morgan fingerprint density at radius 2 is 1.80 bits per heavy atom. The molecule has 0 aliphatic carbocycles. The van der Waals surface area contributed by atoms with Gasteiger partial charge in [-0.1, -0.05) is 49.4 Å². The topological polar surface area (TPSA) is 20.2 Å². The molecular formula is C14H16O. The second-order valence-corrected chi connectivity index (χ2v) is 3.98. The van der Waals surface area contributed by atoms with Crippen molar-refractivity contribution in [3.05, 3.63) is 48.0 Å². The fourth-order valence-electron chi connectivity index (χ4n) is 2.03. The minimum atomic E-state index is 0.254. The number of hydrogen-bond acceptors (Lipinski definition) is 1. The van der Waals surface area contributed by atoms with E-state index in [4.69, 9.17) is 5.11 Å². The summed E-state index contributed by atoms with van der Waals surface area (Å²) in [4.78, 5) is 0. The Labute approximate surface area is 90.4 Å². The van der Waals surface area contributed by atoms with E-state index in [1.54, 1.807) is 0 Å². The molecule has 2 aromatic rings. The highest BCUT2D eigenvalue weighted by Gasteiger charge is 2.07. The highest BCUT2D eigenvalue weighted by molar-refractivity contribution is 5.86. The lowest BCUT2D eigenvalue weighted by atomic mass is 9.93. The van der Waals surface area contributed by atoms with Gasteiger partial charge >= 0.3 is 0 Å². The molecule has 0 radical (unpaired) electrons. The molecule has 0 amide bonds. The number of benzene rings is 2. The van der Waals surface area contributed by atoms with Gasteiger partial charge in [0.25, 0.3) is 0 Å². The van der Waals surface area contributed by atoms with Crippen LogP contribution in [0.4, 0.5) is 0 Å². The Kier molecular flexibility index (Phi) is 3.02. The molecule has 0 saturated heterocycles. The molecule has 0 saturated carbocycles. The summed E-state index contributed by atoms with van der Waals surface area (Å²) in [5, 5.41) is 11.6. The van der Waals surface area contributed by atoms with Crippen molar-refractivity contribution in [2.45, 2.75) is 19.3 Å². The van der Waals surface area contributed by atoms with E-state index in [0.29, 0.717) is 5.92 Å². The van der Waals surface area contributed by atoms with Gasteiger partial charge in [-0.05, 0) is 28.7 Å². The Morgan fingerprint density at radius 1 is 1.07 bits per heavy atom. The zero-order valence-electron chi connectivity index (χ0n) is 8.98. The molecule has 1 heteroatoms. The van der Waals surface area contributed by atoms with E-state index in [9.17, 15) is 0 Å². The van der Waals surface area contributed by atoms with Gasteiger partial charge in [0.15, 0.2) is 0 Å². The third-order valence-corrected chi connectivity index (χ3v) is 2.92. The molecule has 0 fully saturated rings. The molecule has 15 heavy (non-hydrogen) atoms. The smallest absolute Gasteiger partial charge is 0.0436 e. The summed E-state index contributed by atoms with van der Waals surface area (Å²) in [6.45, 7) is 2.42. The van der Waals surface area contributed by atoms with Gasteiger partial charge in [-0.3, -0.25) is 0 Å². The number of rotatable bonds is 3. The second-order valence-electron chi connectivity index (χ2n) is 3.98. The maximum Gasteiger partial charge on any atom is 0.0436 e. The standard InChI is InChI=1S/C14H16O/c1-11(9-10-15)13-8-4-6-12-5-2-3-7-14(12)13/h2-8,11,15H,9-10H2,1H3/t11-/m1/s1. The van der Waals surface area contributed by atoms with Crippen molar-refractivity contribution in [3.8, 4) is 0 Å². The molecule has 1 atom stereocenters. The Bertz CT molecular complexity index is 443. The first-order valence-corrected chi connectivity index (χ1v) is 5.41. The van der Waals surface area contributed by atoms with Crippen molar-refractivity contribution in [3.63, 3.8) is 0 Å². The number of fused-ring (bicyclic) bond motifs is 1. The molecule has 0 aromatic heterocycles. The van der Waals surface area contributed by atoms with E-state index in [1.807, 2.05) is 0 Å². The van der Waals surface area contributed by atoms with Crippen LogP contribution < -0.4 is 0 Å². The largest absolute Gasteiger partial charge is 0.396 e. The zero-order chi connectivity index (χ0) is 10.7. The lowest BCUT2D eigenvalue weighted by Gasteiger charge is -2.13. The minimum absolute atomic E-state index is 0.254. The molecule has 2 rings (SSSR count). The number of hydrogen-bond donors (Lipinski definition) is 1. The monoisotopic (exact) mass is 200 g/mol. The van der Waals surface area contributed by atoms with E-state index in [0.717, 1.165) is 6.42 Å². The molecule has 0 bridgehead atoms. The van der Waals surface area contributed by atoms with E-state index in [2.05, 4.69) is 49.4 Å². The predicted octanol–water partition coefficient (Wildman–Crippen LogP) is 3.33. The van der Waals surface area contributed by atoms with Gasteiger partial charge in [-0.15, -0.1) is 0 Å². The van der Waals surface area contributed by atoms with Crippen LogP contribution in [-0.2, 0) is 0 Å². The number of aliphatic hydroxyl groups is 1. The SMILES string of the molecule is C[C@H](CCO)c1cccc2ccccc12. The van der Waals surface area contributed by atoms with Crippen LogP contribution in [-0.4, -0.2) is 11.7 Å². The minimum Gasteiger partial charge on any atom is -0.396 e. The van der Waals surface area contributed by atoms with Gasteiger partial charge < -0.3 is 5.11 Å². The molecule has 0 spiro atoms. The third kappa shape index (κ3) is 2.02. The van der Waals surface area contributed by atoms with Gasteiger partial charge in [0, 0.05) is 6.61 Å². The van der Waals surface area contributed by atoms with Gasteiger partial charge in [-0.25, -0.2) is 0 Å². The number of aliphatic hydroxyl groups excluding tert-OH is 1. The van der Waals surface area contributed by atoms with Crippen molar-refractivity contribution in [2.24, 2.45) is 0 Å². The van der Waals surface area contributed by atoms with E-state index in [1.165, 1.54) is 16.3 Å². The fraction of sp³-hybridized carbons (Fsp3) is 0.286. The van der Waals surface area contributed by atoms with Crippen LogP contribution in [0.2, 0.25) is 0 Å². The summed E-state index contributed by atoms with van der Waals surface area (Å²) < 4.78 is 0. The molecule has 0 aliphatic rings. The van der Waals surface area contributed by atoms with Crippen molar-refractivity contribution >= 4 is 10.8 Å². The van der Waals surface area contributed by atoms with Gasteiger partial charge in [-0.2, -0.15) is 0 Å². The maximum absolute atomic E-state index is 8.97. The molecule has 78 valence electrons. The normalized spacial score (nSPS) is 12.9. The summed E-state index contributed by atoms with van der Waals surface area (Å²) >= 11 is 0. The summed E-state index contributed by atoms with van der Waals surface area (Å²) in [7, 11) is 0. The van der Waals surface area contributed by atoms with E-state index in [-0.39, 0.29) is 6.61 Å². The van der Waals surface area contributed by atoms with E-state index >= 15 is 0 Å².